The third kappa shape index (κ3) is 2.90. The van der Waals surface area contributed by atoms with Gasteiger partial charge in [0.15, 0.2) is 0 Å². The van der Waals surface area contributed by atoms with Crippen LogP contribution in [-0.2, 0) is 14.8 Å². The van der Waals surface area contributed by atoms with Gasteiger partial charge >= 0.3 is 5.69 Å². The van der Waals surface area contributed by atoms with Gasteiger partial charge in [-0.25, -0.2) is 12.8 Å². The van der Waals surface area contributed by atoms with E-state index in [0.29, 0.717) is 6.07 Å². The number of nitro benzene ring substituents is 1. The van der Waals surface area contributed by atoms with Gasteiger partial charge in [0.05, 0.1) is 4.92 Å². The Morgan fingerprint density at radius 2 is 1.71 bits per heavy atom. The van der Waals surface area contributed by atoms with E-state index >= 15 is 0 Å². The minimum absolute atomic E-state index is 0.00978. The van der Waals surface area contributed by atoms with Crippen LogP contribution in [0.25, 0.3) is 0 Å². The third-order valence-corrected chi connectivity index (χ3v) is 5.01. The number of benzene rings is 1. The van der Waals surface area contributed by atoms with Crippen molar-refractivity contribution in [3.05, 3.63) is 33.9 Å². The number of piperidine rings is 1. The van der Waals surface area contributed by atoms with Crippen LogP contribution in [0.5, 0.6) is 0 Å². The van der Waals surface area contributed by atoms with E-state index in [-0.39, 0.29) is 37.8 Å². The molecule has 1 saturated heterocycles. The number of halogens is 2. The molecule has 1 aromatic carbocycles. The molecule has 0 aromatic heterocycles. The monoisotopic (exact) mass is 320 g/mol. The van der Waals surface area contributed by atoms with E-state index in [1.807, 2.05) is 0 Å². The van der Waals surface area contributed by atoms with Gasteiger partial charge in [0, 0.05) is 38.1 Å². The summed E-state index contributed by atoms with van der Waals surface area (Å²) in [7, 11) is -4.35. The lowest BCUT2D eigenvalue weighted by molar-refractivity contribution is -0.387. The number of nitrogens with zero attached hydrogens (tertiary/aromatic N) is 2. The highest BCUT2D eigenvalue weighted by Crippen LogP contribution is 2.28. The second kappa shape index (κ2) is 5.45. The summed E-state index contributed by atoms with van der Waals surface area (Å²) in [5.41, 5.74) is -1.12. The van der Waals surface area contributed by atoms with Crippen molar-refractivity contribution in [3.8, 4) is 0 Å². The minimum atomic E-state index is -4.35. The molecule has 21 heavy (non-hydrogen) atoms. The zero-order valence-corrected chi connectivity index (χ0v) is 11.4. The molecule has 1 aliphatic heterocycles. The molecular formula is C11H10F2N2O5S. The smallest absolute Gasteiger partial charge is 0.300 e. The van der Waals surface area contributed by atoms with Crippen molar-refractivity contribution in [2.24, 2.45) is 0 Å². The first-order valence-electron chi connectivity index (χ1n) is 5.89. The van der Waals surface area contributed by atoms with Crippen molar-refractivity contribution in [3.63, 3.8) is 0 Å². The summed E-state index contributed by atoms with van der Waals surface area (Å²) in [6, 6.07) is 0.524. The number of ketones is 1. The molecule has 0 amide bonds. The standard InChI is InChI=1S/C11H10F2N2O5S/c12-8-5-9(13)11(6-10(8)15(17)18)21(19,20)14-3-1-7(16)2-4-14/h5-6H,1-4H2. The summed E-state index contributed by atoms with van der Waals surface area (Å²) >= 11 is 0. The summed E-state index contributed by atoms with van der Waals surface area (Å²) in [6.07, 6.45) is -0.0196. The molecule has 0 N–H and O–H groups in total. The first kappa shape index (κ1) is 15.4. The van der Waals surface area contributed by atoms with Crippen molar-refractivity contribution >= 4 is 21.5 Å². The van der Waals surface area contributed by atoms with Crippen molar-refractivity contribution < 1.29 is 26.9 Å². The minimum Gasteiger partial charge on any atom is -0.300 e. The molecule has 0 aliphatic carbocycles. The van der Waals surface area contributed by atoms with Gasteiger partial charge in [-0.3, -0.25) is 14.9 Å². The molecular weight excluding hydrogens is 310 g/mol. The Hall–Kier alpha value is -1.94. The summed E-state index contributed by atoms with van der Waals surface area (Å²) in [5.74, 6) is -2.98. The molecule has 10 heteroatoms. The fraction of sp³-hybridized carbons (Fsp3) is 0.364. The second-order valence-corrected chi connectivity index (χ2v) is 6.34. The van der Waals surface area contributed by atoms with E-state index < -0.39 is 37.2 Å². The maximum Gasteiger partial charge on any atom is 0.306 e. The lowest BCUT2D eigenvalue weighted by atomic mass is 10.1. The summed E-state index contributed by atoms with van der Waals surface area (Å²) in [4.78, 5) is 19.6. The molecule has 7 nitrogen and oxygen atoms in total. The first-order chi connectivity index (χ1) is 9.73. The molecule has 1 aliphatic rings. The quantitative estimate of drug-likeness (QED) is 0.616. The third-order valence-electron chi connectivity index (χ3n) is 3.10. The van der Waals surface area contributed by atoms with Gasteiger partial charge < -0.3 is 0 Å². The Balaban J connectivity index is 2.47. The average molecular weight is 320 g/mol. The number of sulfonamides is 1. The van der Waals surface area contributed by atoms with Gasteiger partial charge in [-0.15, -0.1) is 0 Å². The Morgan fingerprint density at radius 1 is 1.14 bits per heavy atom. The van der Waals surface area contributed by atoms with Crippen LogP contribution in [0, 0.1) is 21.7 Å². The number of carbonyl (C=O) groups excluding carboxylic acids is 1. The maximum atomic E-state index is 13.7. The van der Waals surface area contributed by atoms with Gasteiger partial charge in [0.1, 0.15) is 16.5 Å². The van der Waals surface area contributed by atoms with Crippen LogP contribution in [-0.4, -0.2) is 36.5 Å². The van der Waals surface area contributed by atoms with Gasteiger partial charge in [-0.2, -0.15) is 8.70 Å². The van der Waals surface area contributed by atoms with Crippen molar-refractivity contribution in [1.82, 2.24) is 4.31 Å². The zero-order valence-electron chi connectivity index (χ0n) is 10.6. The molecule has 1 heterocycles. The molecule has 2 rings (SSSR count). The van der Waals surface area contributed by atoms with Gasteiger partial charge in [-0.1, -0.05) is 0 Å². The van der Waals surface area contributed by atoms with Crippen LogP contribution in [0.15, 0.2) is 17.0 Å². The molecule has 0 saturated carbocycles. The maximum absolute atomic E-state index is 13.7. The highest BCUT2D eigenvalue weighted by molar-refractivity contribution is 7.89. The van der Waals surface area contributed by atoms with Gasteiger partial charge in [0.2, 0.25) is 15.8 Å². The van der Waals surface area contributed by atoms with E-state index in [9.17, 15) is 32.1 Å². The molecule has 1 aromatic rings. The topological polar surface area (TPSA) is 97.6 Å². The van der Waals surface area contributed by atoms with Crippen LogP contribution in [0.3, 0.4) is 0 Å². The number of Topliss-reactive ketones (excluding diaryl/α,β-unsaturated/α-hetero) is 1. The zero-order chi connectivity index (χ0) is 15.8. The molecule has 0 unspecified atom stereocenters. The van der Waals surface area contributed by atoms with E-state index in [1.54, 1.807) is 0 Å². The van der Waals surface area contributed by atoms with Crippen molar-refractivity contribution in [1.29, 1.82) is 0 Å². The number of hydrogen-bond acceptors (Lipinski definition) is 5. The summed E-state index contributed by atoms with van der Waals surface area (Å²) in [6.45, 7) is -0.266. The fourth-order valence-corrected chi connectivity index (χ4v) is 3.48. The predicted molar refractivity (Wildman–Crippen MR) is 66.0 cm³/mol. The second-order valence-electron chi connectivity index (χ2n) is 4.43. The first-order valence-corrected chi connectivity index (χ1v) is 7.33. The Labute approximate surface area is 118 Å². The molecule has 1 fully saturated rings. The van der Waals surface area contributed by atoms with E-state index in [4.69, 9.17) is 0 Å². The highest BCUT2D eigenvalue weighted by atomic mass is 32.2. The summed E-state index contributed by atoms with van der Waals surface area (Å²) in [5, 5.41) is 10.6. The summed E-state index contributed by atoms with van der Waals surface area (Å²) < 4.78 is 52.2. The van der Waals surface area contributed by atoms with Crippen LogP contribution < -0.4 is 0 Å². The highest BCUT2D eigenvalue weighted by Gasteiger charge is 2.33. The predicted octanol–water partition coefficient (Wildman–Crippen LogP) is 1.23. The van der Waals surface area contributed by atoms with Gasteiger partial charge in [0.25, 0.3) is 0 Å². The lowest BCUT2D eigenvalue weighted by Gasteiger charge is -2.25. The fourth-order valence-electron chi connectivity index (χ4n) is 1.97. The van der Waals surface area contributed by atoms with E-state index in [1.165, 1.54) is 0 Å². The van der Waals surface area contributed by atoms with Crippen molar-refractivity contribution in [2.75, 3.05) is 13.1 Å². The normalized spacial score (nSPS) is 17.0. The SMILES string of the molecule is O=C1CCN(S(=O)(=O)c2cc([N+](=O)[O-])c(F)cc2F)CC1. The van der Waals surface area contributed by atoms with Crippen LogP contribution in [0.4, 0.5) is 14.5 Å². The lowest BCUT2D eigenvalue weighted by Crippen LogP contribution is -2.38. The van der Waals surface area contributed by atoms with Crippen LogP contribution >= 0.6 is 0 Å². The number of carbonyl (C=O) groups is 1. The average Bonchev–Trinajstić information content (AvgIpc) is 2.38. The molecule has 114 valence electrons. The molecule has 0 bridgehead atoms. The number of rotatable bonds is 3. The number of hydrogen-bond donors (Lipinski definition) is 0. The molecule has 0 atom stereocenters. The van der Waals surface area contributed by atoms with Crippen molar-refractivity contribution in [2.45, 2.75) is 17.7 Å². The molecule has 0 radical (unpaired) electrons. The van der Waals surface area contributed by atoms with Crippen LogP contribution in [0.2, 0.25) is 0 Å². The van der Waals surface area contributed by atoms with Crippen LogP contribution in [0.1, 0.15) is 12.8 Å². The Kier molecular flexibility index (Phi) is 4.01. The Morgan fingerprint density at radius 3 is 2.24 bits per heavy atom. The van der Waals surface area contributed by atoms with E-state index in [2.05, 4.69) is 0 Å². The number of nitro groups is 1. The van der Waals surface area contributed by atoms with E-state index in [0.717, 1.165) is 4.31 Å². The largest absolute Gasteiger partial charge is 0.306 e. The Bertz CT molecular complexity index is 710. The van der Waals surface area contributed by atoms with Gasteiger partial charge in [-0.05, 0) is 0 Å². The molecule has 0 spiro atoms.